The molecule has 0 aliphatic carbocycles. The lowest BCUT2D eigenvalue weighted by Gasteiger charge is -2.24. The van der Waals surface area contributed by atoms with Crippen molar-refractivity contribution in [1.29, 1.82) is 0 Å². The summed E-state index contributed by atoms with van der Waals surface area (Å²) in [5.74, 6) is 0. The maximum absolute atomic E-state index is 4.19. The van der Waals surface area contributed by atoms with Crippen LogP contribution >= 0.6 is 0 Å². The summed E-state index contributed by atoms with van der Waals surface area (Å²) in [6.45, 7) is 4.23. The molecule has 2 aromatic heterocycles. The topological polar surface area (TPSA) is 49.7 Å². The third kappa shape index (κ3) is 1.95. The Hall–Kier alpha value is -1.62. The number of hydrogen-bond donors (Lipinski definition) is 1. The number of aromatic amines is 1. The molecule has 0 radical (unpaired) electrons. The van der Waals surface area contributed by atoms with Crippen LogP contribution < -0.4 is 0 Å². The first-order valence-corrected chi connectivity index (χ1v) is 6.45. The largest absolute Gasteiger partial charge is 0.337 e. The van der Waals surface area contributed by atoms with Crippen LogP contribution in [0.15, 0.2) is 18.7 Å². The molecule has 1 unspecified atom stereocenters. The molecule has 1 N–H and O–H groups in total. The van der Waals surface area contributed by atoms with E-state index in [1.54, 1.807) is 0 Å². The molecule has 1 aliphatic heterocycles. The summed E-state index contributed by atoms with van der Waals surface area (Å²) in [5, 5.41) is 7.30. The molecule has 18 heavy (non-hydrogen) atoms. The summed E-state index contributed by atoms with van der Waals surface area (Å²) in [6.07, 6.45) is 8.19. The quantitative estimate of drug-likeness (QED) is 0.897. The van der Waals surface area contributed by atoms with E-state index in [4.69, 9.17) is 0 Å². The van der Waals surface area contributed by atoms with E-state index in [-0.39, 0.29) is 0 Å². The highest BCUT2D eigenvalue weighted by atomic mass is 15.2. The molecular weight excluding hydrogens is 226 g/mol. The third-order valence-electron chi connectivity index (χ3n) is 3.85. The van der Waals surface area contributed by atoms with Gasteiger partial charge >= 0.3 is 0 Å². The van der Waals surface area contributed by atoms with Crippen LogP contribution in [0.5, 0.6) is 0 Å². The zero-order chi connectivity index (χ0) is 12.5. The van der Waals surface area contributed by atoms with Gasteiger partial charge in [-0.2, -0.15) is 5.10 Å². The average molecular weight is 245 g/mol. The number of hydrogen-bond acceptors (Lipinski definition) is 3. The fourth-order valence-corrected chi connectivity index (χ4v) is 2.78. The van der Waals surface area contributed by atoms with Gasteiger partial charge < -0.3 is 4.57 Å². The number of aromatic nitrogens is 4. The van der Waals surface area contributed by atoms with Crippen molar-refractivity contribution in [2.45, 2.75) is 32.4 Å². The molecule has 3 rings (SSSR count). The van der Waals surface area contributed by atoms with Crippen molar-refractivity contribution >= 4 is 0 Å². The van der Waals surface area contributed by atoms with Crippen molar-refractivity contribution in [3.05, 3.63) is 35.7 Å². The molecule has 3 heterocycles. The van der Waals surface area contributed by atoms with Gasteiger partial charge in [0.1, 0.15) is 0 Å². The highest BCUT2D eigenvalue weighted by Crippen LogP contribution is 2.33. The normalized spacial score (nSPS) is 20.7. The van der Waals surface area contributed by atoms with Crippen molar-refractivity contribution in [2.24, 2.45) is 7.05 Å². The Morgan fingerprint density at radius 1 is 1.44 bits per heavy atom. The molecule has 0 saturated carbocycles. The van der Waals surface area contributed by atoms with Crippen molar-refractivity contribution in [2.75, 3.05) is 6.54 Å². The molecule has 0 spiro atoms. The number of likely N-dealkylation sites (tertiary alicyclic amines) is 1. The van der Waals surface area contributed by atoms with E-state index in [2.05, 4.69) is 38.6 Å². The number of H-pyrrole nitrogens is 1. The molecule has 96 valence electrons. The van der Waals surface area contributed by atoms with Crippen LogP contribution in [0.1, 0.15) is 35.8 Å². The standard InChI is InChI=1S/C13H19N5/c1-10-6-15-16-13(10)12-4-3-5-18(12)8-11-7-14-9-17(11)2/h6-7,9,12H,3-5,8H2,1-2H3,(H,15,16). The van der Waals surface area contributed by atoms with Crippen LogP contribution in [0.4, 0.5) is 0 Å². The lowest BCUT2D eigenvalue weighted by Crippen LogP contribution is -2.24. The SMILES string of the molecule is Cc1cn[nH]c1C1CCCN1Cc1cncn1C. The summed E-state index contributed by atoms with van der Waals surface area (Å²) >= 11 is 0. The first-order valence-electron chi connectivity index (χ1n) is 6.45. The molecule has 0 amide bonds. The lowest BCUT2D eigenvalue weighted by molar-refractivity contribution is 0.238. The number of nitrogens with zero attached hydrogens (tertiary/aromatic N) is 4. The number of aryl methyl sites for hydroxylation is 2. The summed E-state index contributed by atoms with van der Waals surface area (Å²) in [5.41, 5.74) is 3.80. The summed E-state index contributed by atoms with van der Waals surface area (Å²) in [4.78, 5) is 6.70. The van der Waals surface area contributed by atoms with Crippen molar-refractivity contribution in [3.63, 3.8) is 0 Å². The van der Waals surface area contributed by atoms with Crippen LogP contribution in [-0.2, 0) is 13.6 Å². The fraction of sp³-hybridized carbons (Fsp3) is 0.538. The second-order valence-corrected chi connectivity index (χ2v) is 5.09. The number of rotatable bonds is 3. The van der Waals surface area contributed by atoms with Crippen LogP contribution in [0.2, 0.25) is 0 Å². The summed E-state index contributed by atoms with van der Waals surface area (Å²) in [7, 11) is 2.05. The lowest BCUT2D eigenvalue weighted by atomic mass is 10.1. The van der Waals surface area contributed by atoms with E-state index in [1.165, 1.54) is 29.8 Å². The Morgan fingerprint density at radius 3 is 3.00 bits per heavy atom. The van der Waals surface area contributed by atoms with Gasteiger partial charge in [0, 0.05) is 19.8 Å². The molecular formula is C13H19N5. The highest BCUT2D eigenvalue weighted by molar-refractivity contribution is 5.19. The summed E-state index contributed by atoms with van der Waals surface area (Å²) < 4.78 is 2.09. The monoisotopic (exact) mass is 245 g/mol. The summed E-state index contributed by atoms with van der Waals surface area (Å²) in [6, 6.07) is 0.474. The molecule has 2 aromatic rings. The predicted molar refractivity (Wildman–Crippen MR) is 68.9 cm³/mol. The van der Waals surface area contributed by atoms with Crippen LogP contribution in [0.3, 0.4) is 0 Å². The van der Waals surface area contributed by atoms with Crippen molar-refractivity contribution < 1.29 is 0 Å². The number of nitrogens with one attached hydrogen (secondary N) is 1. The fourth-order valence-electron chi connectivity index (χ4n) is 2.78. The van der Waals surface area contributed by atoms with Crippen LogP contribution in [0, 0.1) is 6.92 Å². The Labute approximate surface area is 107 Å². The van der Waals surface area contributed by atoms with Crippen LogP contribution in [0.25, 0.3) is 0 Å². The van der Waals surface area contributed by atoms with Gasteiger partial charge in [-0.05, 0) is 31.9 Å². The maximum Gasteiger partial charge on any atom is 0.0945 e. The van der Waals surface area contributed by atoms with Gasteiger partial charge in [0.05, 0.1) is 30.0 Å². The molecule has 1 atom stereocenters. The Bertz CT molecular complexity index is 527. The van der Waals surface area contributed by atoms with E-state index >= 15 is 0 Å². The second-order valence-electron chi connectivity index (χ2n) is 5.09. The molecule has 5 nitrogen and oxygen atoms in total. The van der Waals surface area contributed by atoms with Crippen molar-refractivity contribution in [3.8, 4) is 0 Å². The molecule has 0 bridgehead atoms. The minimum absolute atomic E-state index is 0.474. The first-order chi connectivity index (χ1) is 8.75. The van der Waals surface area contributed by atoms with Gasteiger partial charge in [-0.15, -0.1) is 0 Å². The third-order valence-corrected chi connectivity index (χ3v) is 3.85. The zero-order valence-corrected chi connectivity index (χ0v) is 10.9. The Balaban J connectivity index is 1.80. The molecule has 1 fully saturated rings. The van der Waals surface area contributed by atoms with Gasteiger partial charge in [-0.25, -0.2) is 4.98 Å². The van der Waals surface area contributed by atoms with E-state index in [9.17, 15) is 0 Å². The van der Waals surface area contributed by atoms with Gasteiger partial charge in [0.25, 0.3) is 0 Å². The molecule has 5 heteroatoms. The van der Waals surface area contributed by atoms with Gasteiger partial charge in [0.15, 0.2) is 0 Å². The molecule has 1 saturated heterocycles. The van der Waals surface area contributed by atoms with Gasteiger partial charge in [0.2, 0.25) is 0 Å². The average Bonchev–Trinajstić information content (AvgIpc) is 3.03. The molecule has 1 aliphatic rings. The van der Waals surface area contributed by atoms with E-state index in [0.29, 0.717) is 6.04 Å². The van der Waals surface area contributed by atoms with Crippen molar-refractivity contribution in [1.82, 2.24) is 24.6 Å². The smallest absolute Gasteiger partial charge is 0.0945 e. The van der Waals surface area contributed by atoms with Gasteiger partial charge in [-0.3, -0.25) is 10.00 Å². The first kappa shape index (κ1) is 11.5. The minimum atomic E-state index is 0.474. The van der Waals surface area contributed by atoms with E-state index < -0.39 is 0 Å². The number of imidazole rings is 1. The second kappa shape index (κ2) is 4.57. The zero-order valence-electron chi connectivity index (χ0n) is 10.9. The minimum Gasteiger partial charge on any atom is -0.337 e. The highest BCUT2D eigenvalue weighted by Gasteiger charge is 2.28. The van der Waals surface area contributed by atoms with Gasteiger partial charge in [-0.1, -0.05) is 0 Å². The van der Waals surface area contributed by atoms with Crippen LogP contribution in [-0.4, -0.2) is 31.2 Å². The Morgan fingerprint density at radius 2 is 2.33 bits per heavy atom. The maximum atomic E-state index is 4.19. The Kier molecular flexibility index (Phi) is 2.91. The predicted octanol–water partition coefficient (Wildman–Crippen LogP) is 1.79. The van der Waals surface area contributed by atoms with E-state index in [1.807, 2.05) is 18.7 Å². The molecule has 0 aromatic carbocycles. The van der Waals surface area contributed by atoms with E-state index in [0.717, 1.165) is 13.1 Å².